The van der Waals surface area contributed by atoms with Crippen LogP contribution in [0.25, 0.3) is 0 Å². The van der Waals surface area contributed by atoms with Crippen molar-refractivity contribution in [3.8, 4) is 0 Å². The van der Waals surface area contributed by atoms with Gasteiger partial charge in [-0.25, -0.2) is 0 Å². The highest BCUT2D eigenvalue weighted by atomic mass is 16.5. The molecule has 2 saturated heterocycles. The van der Waals surface area contributed by atoms with E-state index >= 15 is 0 Å². The number of ether oxygens (including phenoxy) is 1. The number of hydrogen-bond donors (Lipinski definition) is 2. The molecular formula is C17H29N3O2. The predicted octanol–water partition coefficient (Wildman–Crippen LogP) is 0.873. The molecule has 1 spiro atoms. The van der Waals surface area contributed by atoms with Gasteiger partial charge in [0.15, 0.2) is 0 Å². The van der Waals surface area contributed by atoms with Crippen LogP contribution in [0.3, 0.4) is 0 Å². The summed E-state index contributed by atoms with van der Waals surface area (Å²) in [5.74, 6) is 0.544. The van der Waals surface area contributed by atoms with Gasteiger partial charge in [0.1, 0.15) is 0 Å². The number of primary amides is 1. The van der Waals surface area contributed by atoms with Crippen molar-refractivity contribution in [3.63, 3.8) is 0 Å². The lowest BCUT2D eigenvalue weighted by Crippen LogP contribution is -2.69. The van der Waals surface area contributed by atoms with Crippen LogP contribution < -0.4 is 11.1 Å². The van der Waals surface area contributed by atoms with E-state index in [4.69, 9.17) is 10.5 Å². The van der Waals surface area contributed by atoms with Crippen LogP contribution in [0.5, 0.6) is 0 Å². The van der Waals surface area contributed by atoms with Crippen LogP contribution in [0.4, 0.5) is 0 Å². The highest BCUT2D eigenvalue weighted by molar-refractivity contribution is 5.75. The summed E-state index contributed by atoms with van der Waals surface area (Å²) in [6.45, 7) is 3.36. The number of carbonyl (C=O) groups excluding carboxylic acids is 1. The Labute approximate surface area is 132 Å². The normalized spacial score (nSPS) is 38.1. The number of hydrogen-bond acceptors (Lipinski definition) is 4. The Bertz CT molecular complexity index is 428. The molecule has 5 nitrogen and oxygen atoms in total. The van der Waals surface area contributed by atoms with Gasteiger partial charge in [-0.2, -0.15) is 0 Å². The molecule has 5 heteroatoms. The van der Waals surface area contributed by atoms with Gasteiger partial charge in [-0.05, 0) is 32.1 Å². The van der Waals surface area contributed by atoms with Gasteiger partial charge in [0.05, 0.1) is 12.6 Å². The Morgan fingerprint density at radius 3 is 2.64 bits per heavy atom. The van der Waals surface area contributed by atoms with Gasteiger partial charge in [-0.1, -0.05) is 12.8 Å². The molecule has 1 amide bonds. The lowest BCUT2D eigenvalue weighted by Gasteiger charge is -2.58. The van der Waals surface area contributed by atoms with Crippen molar-refractivity contribution < 1.29 is 9.53 Å². The fourth-order valence-corrected chi connectivity index (χ4v) is 5.67. The summed E-state index contributed by atoms with van der Waals surface area (Å²) < 4.78 is 6.07. The first-order valence-corrected chi connectivity index (χ1v) is 9.07. The number of rotatable bonds is 4. The van der Waals surface area contributed by atoms with Crippen molar-refractivity contribution in [2.45, 2.75) is 63.1 Å². The third kappa shape index (κ3) is 2.38. The lowest BCUT2D eigenvalue weighted by molar-refractivity contribution is -0.134. The van der Waals surface area contributed by atoms with Crippen LogP contribution >= 0.6 is 0 Å². The fourth-order valence-electron chi connectivity index (χ4n) is 5.67. The molecule has 2 aliphatic carbocycles. The zero-order chi connectivity index (χ0) is 15.2. The van der Waals surface area contributed by atoms with Gasteiger partial charge in [-0.15, -0.1) is 0 Å². The monoisotopic (exact) mass is 307 g/mol. The zero-order valence-corrected chi connectivity index (χ0v) is 13.4. The SMILES string of the molecule is NC(=O)CN1CCC(NC2[C@H]3CCO[C@H]3C23CCCC3)CC1. The maximum Gasteiger partial charge on any atom is 0.231 e. The second-order valence-corrected chi connectivity index (χ2v) is 7.85. The molecule has 1 unspecified atom stereocenters. The minimum Gasteiger partial charge on any atom is -0.377 e. The fraction of sp³-hybridized carbons (Fsp3) is 0.941. The Kier molecular flexibility index (Phi) is 3.91. The van der Waals surface area contributed by atoms with E-state index in [0.29, 0.717) is 30.1 Å². The number of likely N-dealkylation sites (tertiary alicyclic amines) is 1. The zero-order valence-electron chi connectivity index (χ0n) is 13.4. The third-order valence-electron chi connectivity index (χ3n) is 6.67. The van der Waals surface area contributed by atoms with E-state index in [-0.39, 0.29) is 5.91 Å². The largest absolute Gasteiger partial charge is 0.377 e. The Morgan fingerprint density at radius 1 is 1.23 bits per heavy atom. The van der Waals surface area contributed by atoms with E-state index < -0.39 is 0 Å². The number of carbonyl (C=O) groups is 1. The van der Waals surface area contributed by atoms with Gasteiger partial charge in [0.2, 0.25) is 5.91 Å². The summed E-state index contributed by atoms with van der Waals surface area (Å²) in [5, 5.41) is 4.01. The van der Waals surface area contributed by atoms with Crippen molar-refractivity contribution in [1.82, 2.24) is 10.2 Å². The molecule has 3 atom stereocenters. The highest BCUT2D eigenvalue weighted by Crippen LogP contribution is 2.60. The van der Waals surface area contributed by atoms with Gasteiger partial charge in [0.25, 0.3) is 0 Å². The summed E-state index contributed by atoms with van der Waals surface area (Å²) in [5.41, 5.74) is 5.75. The van der Waals surface area contributed by atoms with Gasteiger partial charge >= 0.3 is 0 Å². The lowest BCUT2D eigenvalue weighted by atomic mass is 9.54. The minimum atomic E-state index is -0.207. The molecule has 4 rings (SSSR count). The average Bonchev–Trinajstić information content (AvgIpc) is 3.14. The van der Waals surface area contributed by atoms with Crippen molar-refractivity contribution in [3.05, 3.63) is 0 Å². The van der Waals surface area contributed by atoms with Crippen LogP contribution in [-0.4, -0.2) is 55.2 Å². The molecule has 0 aromatic heterocycles. The van der Waals surface area contributed by atoms with Gasteiger partial charge in [-0.3, -0.25) is 9.69 Å². The standard InChI is InChI=1S/C17H29N3O2/c18-14(21)11-20-8-3-12(4-9-20)19-15-13-5-10-22-16(13)17(15)6-1-2-7-17/h12-13,15-16,19H,1-11H2,(H2,18,21)/t13-,15?,16-/m1/s1. The summed E-state index contributed by atoms with van der Waals surface area (Å²) in [6.07, 6.45) is 9.52. The average molecular weight is 307 g/mol. The summed E-state index contributed by atoms with van der Waals surface area (Å²) in [7, 11) is 0. The number of nitrogens with two attached hydrogens (primary N) is 1. The van der Waals surface area contributed by atoms with E-state index in [0.717, 1.165) is 38.5 Å². The van der Waals surface area contributed by atoms with Crippen LogP contribution in [0, 0.1) is 11.3 Å². The molecule has 0 bridgehead atoms. The molecule has 0 aromatic rings. The number of nitrogens with one attached hydrogen (secondary N) is 1. The summed E-state index contributed by atoms with van der Waals surface area (Å²) >= 11 is 0. The number of fused-ring (bicyclic) bond motifs is 2. The highest BCUT2D eigenvalue weighted by Gasteiger charge is 2.64. The van der Waals surface area contributed by atoms with Crippen LogP contribution in [-0.2, 0) is 9.53 Å². The summed E-state index contributed by atoms with van der Waals surface area (Å²) in [4.78, 5) is 13.2. The first-order valence-electron chi connectivity index (χ1n) is 9.07. The van der Waals surface area contributed by atoms with Crippen molar-refractivity contribution in [1.29, 1.82) is 0 Å². The predicted molar refractivity (Wildman–Crippen MR) is 84.3 cm³/mol. The maximum atomic E-state index is 11.0. The molecule has 4 fully saturated rings. The molecule has 3 N–H and O–H groups in total. The second kappa shape index (κ2) is 5.77. The molecular weight excluding hydrogens is 278 g/mol. The van der Waals surface area contributed by atoms with E-state index in [1.165, 1.54) is 32.1 Å². The smallest absolute Gasteiger partial charge is 0.231 e. The molecule has 22 heavy (non-hydrogen) atoms. The summed E-state index contributed by atoms with van der Waals surface area (Å²) in [6, 6.07) is 1.28. The van der Waals surface area contributed by atoms with Crippen LogP contribution in [0.2, 0.25) is 0 Å². The molecule has 2 aliphatic heterocycles. The Morgan fingerprint density at radius 2 is 1.95 bits per heavy atom. The third-order valence-corrected chi connectivity index (χ3v) is 6.67. The van der Waals surface area contributed by atoms with E-state index in [9.17, 15) is 4.79 Å². The van der Waals surface area contributed by atoms with E-state index in [1.54, 1.807) is 0 Å². The van der Waals surface area contributed by atoms with Crippen molar-refractivity contribution >= 4 is 5.91 Å². The minimum absolute atomic E-state index is 0.207. The quantitative estimate of drug-likeness (QED) is 0.809. The van der Waals surface area contributed by atoms with Crippen molar-refractivity contribution in [2.24, 2.45) is 17.1 Å². The number of piperidine rings is 1. The molecule has 2 saturated carbocycles. The van der Waals surface area contributed by atoms with Gasteiger partial charge < -0.3 is 15.8 Å². The Hall–Kier alpha value is -0.650. The number of amides is 1. The molecule has 124 valence electrons. The molecule has 2 heterocycles. The topological polar surface area (TPSA) is 67.6 Å². The second-order valence-electron chi connectivity index (χ2n) is 7.85. The Balaban J connectivity index is 1.34. The first kappa shape index (κ1) is 14.9. The molecule has 4 aliphatic rings. The first-order chi connectivity index (χ1) is 10.7. The molecule has 0 radical (unpaired) electrons. The number of nitrogens with zero attached hydrogens (tertiary/aromatic N) is 1. The molecule has 0 aromatic carbocycles. The van der Waals surface area contributed by atoms with Gasteiger partial charge in [0, 0.05) is 43.1 Å². The van der Waals surface area contributed by atoms with Crippen molar-refractivity contribution in [2.75, 3.05) is 26.2 Å². The van der Waals surface area contributed by atoms with E-state index in [2.05, 4.69) is 10.2 Å². The van der Waals surface area contributed by atoms with E-state index in [1.807, 2.05) is 0 Å². The van der Waals surface area contributed by atoms with Crippen LogP contribution in [0.15, 0.2) is 0 Å². The maximum absolute atomic E-state index is 11.0. The van der Waals surface area contributed by atoms with Crippen LogP contribution in [0.1, 0.15) is 44.9 Å².